The molecular formula is C23H33N3O3. The third kappa shape index (κ3) is 6.04. The second-order valence-corrected chi connectivity index (χ2v) is 6.88. The first-order valence-electron chi connectivity index (χ1n) is 9.90. The van der Waals surface area contributed by atoms with E-state index >= 15 is 0 Å². The van der Waals surface area contributed by atoms with Crippen molar-refractivity contribution in [3.63, 3.8) is 0 Å². The Labute approximate surface area is 174 Å². The Morgan fingerprint density at radius 1 is 0.931 bits per heavy atom. The van der Waals surface area contributed by atoms with Crippen LogP contribution >= 0.6 is 0 Å². The fraction of sp³-hybridized carbons (Fsp3) is 0.435. The third-order valence-corrected chi connectivity index (χ3v) is 4.76. The number of hydrogen-bond acceptors (Lipinski definition) is 4. The summed E-state index contributed by atoms with van der Waals surface area (Å²) in [6.45, 7) is 8.39. The molecule has 0 heterocycles. The predicted octanol–water partition coefficient (Wildman–Crippen LogP) is 3.88. The van der Waals surface area contributed by atoms with E-state index in [1.54, 1.807) is 21.3 Å². The van der Waals surface area contributed by atoms with Crippen LogP contribution in [-0.2, 0) is 6.54 Å². The molecule has 158 valence electrons. The summed E-state index contributed by atoms with van der Waals surface area (Å²) in [5.74, 6) is 2.99. The van der Waals surface area contributed by atoms with Crippen LogP contribution in [0.4, 0.5) is 0 Å². The number of guanidine groups is 1. The number of hydrogen-bond donors (Lipinski definition) is 2. The van der Waals surface area contributed by atoms with E-state index in [9.17, 15) is 0 Å². The molecule has 0 saturated carbocycles. The Morgan fingerprint density at radius 2 is 1.62 bits per heavy atom. The molecule has 0 fully saturated rings. The van der Waals surface area contributed by atoms with Crippen LogP contribution in [0.2, 0.25) is 0 Å². The van der Waals surface area contributed by atoms with Gasteiger partial charge in [-0.25, -0.2) is 4.99 Å². The molecule has 0 amide bonds. The number of nitrogens with zero attached hydrogens (tertiary/aromatic N) is 1. The second-order valence-electron chi connectivity index (χ2n) is 6.88. The molecule has 29 heavy (non-hydrogen) atoms. The number of benzene rings is 2. The monoisotopic (exact) mass is 399 g/mol. The Morgan fingerprint density at radius 3 is 2.21 bits per heavy atom. The zero-order valence-electron chi connectivity index (χ0n) is 18.3. The van der Waals surface area contributed by atoms with Gasteiger partial charge < -0.3 is 24.8 Å². The highest BCUT2D eigenvalue weighted by atomic mass is 16.5. The maximum absolute atomic E-state index is 5.55. The highest BCUT2D eigenvalue weighted by Crippen LogP contribution is 2.39. The van der Waals surface area contributed by atoms with Gasteiger partial charge in [-0.3, -0.25) is 0 Å². The van der Waals surface area contributed by atoms with E-state index in [-0.39, 0.29) is 0 Å². The van der Waals surface area contributed by atoms with Gasteiger partial charge in [-0.1, -0.05) is 36.8 Å². The summed E-state index contributed by atoms with van der Waals surface area (Å²) in [5, 5.41) is 6.73. The summed E-state index contributed by atoms with van der Waals surface area (Å²) in [4.78, 5) is 4.72. The largest absolute Gasteiger partial charge is 0.493 e. The number of aliphatic imine (C=N–C) groups is 1. The predicted molar refractivity (Wildman–Crippen MR) is 119 cm³/mol. The molecule has 0 spiro atoms. The van der Waals surface area contributed by atoms with E-state index in [0.29, 0.717) is 29.7 Å². The molecular weight excluding hydrogens is 366 g/mol. The smallest absolute Gasteiger partial charge is 0.203 e. The van der Waals surface area contributed by atoms with Crippen molar-refractivity contribution in [3.8, 4) is 17.2 Å². The van der Waals surface area contributed by atoms with Crippen molar-refractivity contribution in [2.75, 3.05) is 34.4 Å². The van der Waals surface area contributed by atoms with Crippen LogP contribution in [0.3, 0.4) is 0 Å². The van der Waals surface area contributed by atoms with Crippen LogP contribution in [0, 0.1) is 6.92 Å². The van der Waals surface area contributed by atoms with Crippen molar-refractivity contribution in [3.05, 3.63) is 53.1 Å². The van der Waals surface area contributed by atoms with E-state index in [1.165, 1.54) is 11.1 Å². The van der Waals surface area contributed by atoms with Crippen LogP contribution in [-0.4, -0.2) is 40.4 Å². The van der Waals surface area contributed by atoms with Gasteiger partial charge in [0.05, 0.1) is 27.9 Å². The van der Waals surface area contributed by atoms with Gasteiger partial charge in [-0.05, 0) is 37.5 Å². The zero-order valence-corrected chi connectivity index (χ0v) is 18.3. The Kier molecular flexibility index (Phi) is 8.65. The minimum Gasteiger partial charge on any atom is -0.493 e. The molecule has 0 aromatic heterocycles. The van der Waals surface area contributed by atoms with Gasteiger partial charge in [0.1, 0.15) is 0 Å². The molecule has 0 aliphatic carbocycles. The van der Waals surface area contributed by atoms with Crippen molar-refractivity contribution in [2.24, 2.45) is 4.99 Å². The van der Waals surface area contributed by atoms with Crippen molar-refractivity contribution >= 4 is 5.96 Å². The van der Waals surface area contributed by atoms with E-state index in [2.05, 4.69) is 55.7 Å². The number of methoxy groups -OCH3 is 3. The summed E-state index contributed by atoms with van der Waals surface area (Å²) in [6.07, 6.45) is 0. The summed E-state index contributed by atoms with van der Waals surface area (Å²) in [7, 11) is 4.83. The molecule has 2 rings (SSSR count). The topological polar surface area (TPSA) is 64.1 Å². The Balaban J connectivity index is 2.11. The zero-order chi connectivity index (χ0) is 21.2. The van der Waals surface area contributed by atoms with E-state index < -0.39 is 0 Å². The molecule has 0 aliphatic heterocycles. The van der Waals surface area contributed by atoms with Gasteiger partial charge in [0.2, 0.25) is 5.75 Å². The minimum atomic E-state index is 0.370. The van der Waals surface area contributed by atoms with Crippen molar-refractivity contribution in [1.29, 1.82) is 0 Å². The average Bonchev–Trinajstić information content (AvgIpc) is 2.74. The van der Waals surface area contributed by atoms with Crippen LogP contribution < -0.4 is 24.8 Å². The Bertz CT molecular complexity index is 804. The molecule has 2 N–H and O–H groups in total. The molecule has 2 aromatic rings. The summed E-state index contributed by atoms with van der Waals surface area (Å²) in [5.41, 5.74) is 3.50. The van der Waals surface area contributed by atoms with Gasteiger partial charge in [-0.15, -0.1) is 0 Å². The molecule has 0 radical (unpaired) electrons. The van der Waals surface area contributed by atoms with Crippen LogP contribution in [0.15, 0.2) is 41.4 Å². The molecule has 2 aromatic carbocycles. The first kappa shape index (κ1) is 22.4. The fourth-order valence-electron chi connectivity index (χ4n) is 3.06. The van der Waals surface area contributed by atoms with Gasteiger partial charge >= 0.3 is 0 Å². The van der Waals surface area contributed by atoms with Gasteiger partial charge in [0.15, 0.2) is 17.5 Å². The van der Waals surface area contributed by atoms with E-state index in [0.717, 1.165) is 24.6 Å². The van der Waals surface area contributed by atoms with Crippen LogP contribution in [0.1, 0.15) is 36.5 Å². The second kappa shape index (κ2) is 11.2. The molecule has 0 bridgehead atoms. The highest BCUT2D eigenvalue weighted by Gasteiger charge is 2.15. The van der Waals surface area contributed by atoms with Crippen molar-refractivity contribution < 1.29 is 14.2 Å². The lowest BCUT2D eigenvalue weighted by Crippen LogP contribution is -2.39. The normalized spacial score (nSPS) is 12.3. The molecule has 0 aliphatic rings. The molecule has 6 nitrogen and oxygen atoms in total. The lowest BCUT2D eigenvalue weighted by atomic mass is 10.0. The maximum Gasteiger partial charge on any atom is 0.203 e. The number of ether oxygens (including phenoxy) is 3. The lowest BCUT2D eigenvalue weighted by Gasteiger charge is -2.17. The van der Waals surface area contributed by atoms with Crippen LogP contribution in [0.5, 0.6) is 17.2 Å². The van der Waals surface area contributed by atoms with Crippen molar-refractivity contribution in [1.82, 2.24) is 10.6 Å². The lowest BCUT2D eigenvalue weighted by molar-refractivity contribution is 0.322. The average molecular weight is 400 g/mol. The molecule has 1 atom stereocenters. The van der Waals surface area contributed by atoms with Gasteiger partial charge in [0, 0.05) is 18.7 Å². The quantitative estimate of drug-likeness (QED) is 0.495. The van der Waals surface area contributed by atoms with Gasteiger partial charge in [0.25, 0.3) is 0 Å². The number of aryl methyl sites for hydroxylation is 1. The summed E-state index contributed by atoms with van der Waals surface area (Å²) >= 11 is 0. The molecule has 6 heteroatoms. The number of nitrogens with one attached hydrogen (secondary N) is 2. The summed E-state index contributed by atoms with van der Waals surface area (Å²) < 4.78 is 16.4. The Hall–Kier alpha value is -2.89. The SMILES string of the molecule is CCNC(=NCc1ccc(OC)c(OC)c1OC)NCC(C)c1ccc(C)cc1. The third-order valence-electron chi connectivity index (χ3n) is 4.76. The number of rotatable bonds is 9. The maximum atomic E-state index is 5.55. The molecule has 1 unspecified atom stereocenters. The standard InChI is InChI=1S/C23H33N3O3/c1-7-24-23(25-14-17(3)18-10-8-16(2)9-11-18)26-15-19-12-13-20(27-4)22(29-6)21(19)28-5/h8-13,17H,7,14-15H2,1-6H3,(H2,24,25,26). The van der Waals surface area contributed by atoms with Gasteiger partial charge in [-0.2, -0.15) is 0 Å². The van der Waals surface area contributed by atoms with E-state index in [1.807, 2.05) is 12.1 Å². The first-order chi connectivity index (χ1) is 14.0. The summed E-state index contributed by atoms with van der Waals surface area (Å²) in [6, 6.07) is 12.5. The highest BCUT2D eigenvalue weighted by molar-refractivity contribution is 5.79. The van der Waals surface area contributed by atoms with E-state index in [4.69, 9.17) is 19.2 Å². The first-order valence-corrected chi connectivity index (χ1v) is 9.90. The van der Waals surface area contributed by atoms with Crippen molar-refractivity contribution in [2.45, 2.75) is 33.2 Å². The van der Waals surface area contributed by atoms with Crippen LogP contribution in [0.25, 0.3) is 0 Å². The molecule has 0 saturated heterocycles. The minimum absolute atomic E-state index is 0.370. The fourth-order valence-corrected chi connectivity index (χ4v) is 3.06.